The lowest BCUT2D eigenvalue weighted by Gasteiger charge is -2.23. The van der Waals surface area contributed by atoms with Crippen LogP contribution in [0.2, 0.25) is 5.15 Å². The van der Waals surface area contributed by atoms with Crippen LogP contribution in [0.15, 0.2) is 9.59 Å². The van der Waals surface area contributed by atoms with Crippen LogP contribution in [0.1, 0.15) is 37.8 Å². The largest absolute Gasteiger partial charge is 0.329 e. The molecule has 6 nitrogen and oxygen atoms in total. The topological polar surface area (TPSA) is 89.0 Å². The first-order valence-electron chi connectivity index (χ1n) is 6.59. The molecule has 1 aliphatic rings. The van der Waals surface area contributed by atoms with Crippen molar-refractivity contribution in [3.8, 4) is 0 Å². The zero-order chi connectivity index (χ0) is 14.9. The number of nitrogens with one attached hydrogen (secondary N) is 1. The number of halogens is 1. The number of sulfone groups is 1. The molecule has 20 heavy (non-hydrogen) atoms. The van der Waals surface area contributed by atoms with E-state index in [4.69, 9.17) is 11.6 Å². The Morgan fingerprint density at radius 3 is 2.45 bits per heavy atom. The van der Waals surface area contributed by atoms with Crippen LogP contribution in [-0.2, 0) is 16.3 Å². The van der Waals surface area contributed by atoms with Gasteiger partial charge in [0.1, 0.15) is 15.0 Å². The van der Waals surface area contributed by atoms with Gasteiger partial charge in [0.05, 0.1) is 17.1 Å². The van der Waals surface area contributed by atoms with Gasteiger partial charge in [-0.15, -0.1) is 0 Å². The maximum atomic E-state index is 12.4. The highest BCUT2D eigenvalue weighted by Crippen LogP contribution is 2.22. The third-order valence-electron chi connectivity index (χ3n) is 3.57. The lowest BCUT2D eigenvalue weighted by Crippen LogP contribution is -2.42. The molecule has 8 heteroatoms. The van der Waals surface area contributed by atoms with E-state index in [0.717, 1.165) is 11.0 Å². The molecule has 0 atom stereocenters. The number of nitrogens with zero attached hydrogens (tertiary/aromatic N) is 1. The minimum absolute atomic E-state index is 0.00921. The maximum absolute atomic E-state index is 12.4. The monoisotopic (exact) mass is 320 g/mol. The molecule has 0 spiro atoms. The van der Waals surface area contributed by atoms with Crippen LogP contribution in [0, 0.1) is 0 Å². The van der Waals surface area contributed by atoms with E-state index in [1.165, 1.54) is 0 Å². The van der Waals surface area contributed by atoms with E-state index in [9.17, 15) is 18.0 Å². The predicted octanol–water partition coefficient (Wildman–Crippen LogP) is 0.892. The molecule has 0 bridgehead atoms. The Morgan fingerprint density at radius 2 is 1.90 bits per heavy atom. The number of hydrogen-bond donors (Lipinski definition) is 1. The van der Waals surface area contributed by atoms with Crippen molar-refractivity contribution in [3.05, 3.63) is 31.6 Å². The standard InChI is InChI=1S/C12H17ClN2O4S/c1-2-3-9-10(13)14-12(17)15(11(9)16)8-4-6-20(18,19)7-5-8/h8H,2-7H2,1H3,(H,14,17). The second kappa shape index (κ2) is 5.73. The number of rotatable bonds is 3. The Balaban J connectivity index is 2.45. The van der Waals surface area contributed by atoms with Crippen LogP contribution >= 0.6 is 11.6 Å². The van der Waals surface area contributed by atoms with Gasteiger partial charge in [-0.05, 0) is 19.3 Å². The number of aromatic amines is 1. The summed E-state index contributed by atoms with van der Waals surface area (Å²) in [5, 5.41) is 0.0848. The van der Waals surface area contributed by atoms with Crippen LogP contribution < -0.4 is 11.2 Å². The highest BCUT2D eigenvalue weighted by Gasteiger charge is 2.27. The van der Waals surface area contributed by atoms with Crippen molar-refractivity contribution in [1.29, 1.82) is 0 Å². The molecule has 1 aromatic rings. The summed E-state index contributed by atoms with van der Waals surface area (Å²) in [4.78, 5) is 26.8. The van der Waals surface area contributed by atoms with Gasteiger partial charge in [0.2, 0.25) is 0 Å². The molecule has 0 amide bonds. The first-order valence-corrected chi connectivity index (χ1v) is 8.79. The molecule has 0 saturated carbocycles. The smallest absolute Gasteiger partial charge is 0.297 e. The third-order valence-corrected chi connectivity index (χ3v) is 5.60. The molecule has 0 unspecified atom stereocenters. The fraction of sp³-hybridized carbons (Fsp3) is 0.667. The molecule has 0 aliphatic carbocycles. The minimum atomic E-state index is -3.03. The van der Waals surface area contributed by atoms with Crippen LogP contribution in [0.3, 0.4) is 0 Å². The van der Waals surface area contributed by atoms with E-state index in [-0.39, 0.29) is 22.7 Å². The van der Waals surface area contributed by atoms with Gasteiger partial charge in [0.15, 0.2) is 0 Å². The SMILES string of the molecule is CCCc1c(Cl)[nH]c(=O)n(C2CCS(=O)(=O)CC2)c1=O. The second-order valence-corrected chi connectivity index (χ2v) is 7.71. The fourth-order valence-electron chi connectivity index (χ4n) is 2.50. The van der Waals surface area contributed by atoms with E-state index < -0.39 is 21.1 Å². The van der Waals surface area contributed by atoms with Gasteiger partial charge in [0.25, 0.3) is 5.56 Å². The van der Waals surface area contributed by atoms with E-state index >= 15 is 0 Å². The molecule has 0 radical (unpaired) electrons. The van der Waals surface area contributed by atoms with Crippen molar-refractivity contribution in [2.75, 3.05) is 11.5 Å². The van der Waals surface area contributed by atoms with Crippen LogP contribution in [0.5, 0.6) is 0 Å². The first kappa shape index (κ1) is 15.3. The molecular formula is C12H17ClN2O4S. The molecule has 1 aliphatic heterocycles. The highest BCUT2D eigenvalue weighted by molar-refractivity contribution is 7.91. The molecule has 1 saturated heterocycles. The van der Waals surface area contributed by atoms with Gasteiger partial charge in [-0.25, -0.2) is 13.2 Å². The van der Waals surface area contributed by atoms with Crippen LogP contribution in [0.4, 0.5) is 0 Å². The van der Waals surface area contributed by atoms with Crippen molar-refractivity contribution in [1.82, 2.24) is 9.55 Å². The Morgan fingerprint density at radius 1 is 1.30 bits per heavy atom. The molecule has 0 aromatic carbocycles. The Hall–Kier alpha value is -1.08. The quantitative estimate of drug-likeness (QED) is 0.838. The van der Waals surface area contributed by atoms with E-state index in [2.05, 4.69) is 4.98 Å². The summed E-state index contributed by atoms with van der Waals surface area (Å²) >= 11 is 5.91. The van der Waals surface area contributed by atoms with Crippen LogP contribution in [0.25, 0.3) is 0 Å². The average molecular weight is 321 g/mol. The normalized spacial score (nSPS) is 19.1. The lowest BCUT2D eigenvalue weighted by atomic mass is 10.1. The second-order valence-electron chi connectivity index (χ2n) is 5.03. The van der Waals surface area contributed by atoms with Crippen LogP contribution in [-0.4, -0.2) is 29.5 Å². The summed E-state index contributed by atoms with van der Waals surface area (Å²) in [6.45, 7) is 1.92. The highest BCUT2D eigenvalue weighted by atomic mass is 35.5. The zero-order valence-electron chi connectivity index (χ0n) is 11.2. The van der Waals surface area contributed by atoms with Crippen molar-refractivity contribution >= 4 is 21.4 Å². The molecule has 1 fully saturated rings. The Kier molecular flexibility index (Phi) is 4.39. The van der Waals surface area contributed by atoms with Gasteiger partial charge >= 0.3 is 5.69 Å². The molecule has 1 N–H and O–H groups in total. The van der Waals surface area contributed by atoms with Gasteiger partial charge in [0, 0.05) is 6.04 Å². The summed E-state index contributed by atoms with van der Waals surface area (Å²) in [5.41, 5.74) is -0.573. The van der Waals surface area contributed by atoms with Gasteiger partial charge < -0.3 is 0 Å². The number of H-pyrrole nitrogens is 1. The van der Waals surface area contributed by atoms with Gasteiger partial charge in [-0.3, -0.25) is 14.3 Å². The zero-order valence-corrected chi connectivity index (χ0v) is 12.8. The Bertz CT molecular complexity index is 706. The number of aromatic nitrogens is 2. The third kappa shape index (κ3) is 2.98. The van der Waals surface area contributed by atoms with E-state index in [1.807, 2.05) is 6.92 Å². The summed E-state index contributed by atoms with van der Waals surface area (Å²) in [6.07, 6.45) is 1.80. The Labute approximate surface area is 121 Å². The fourth-order valence-corrected chi connectivity index (χ4v) is 4.22. The van der Waals surface area contributed by atoms with Gasteiger partial charge in [-0.2, -0.15) is 0 Å². The van der Waals surface area contributed by atoms with Gasteiger partial charge in [-0.1, -0.05) is 24.9 Å². The van der Waals surface area contributed by atoms with E-state index in [1.54, 1.807) is 0 Å². The molecule has 1 aromatic heterocycles. The van der Waals surface area contributed by atoms with Crippen molar-refractivity contribution in [3.63, 3.8) is 0 Å². The van der Waals surface area contributed by atoms with Crippen molar-refractivity contribution < 1.29 is 8.42 Å². The summed E-state index contributed by atoms with van der Waals surface area (Å²) in [7, 11) is -3.03. The number of hydrogen-bond acceptors (Lipinski definition) is 4. The maximum Gasteiger partial charge on any atom is 0.329 e. The molecule has 2 heterocycles. The molecule has 2 rings (SSSR count). The molecular weight excluding hydrogens is 304 g/mol. The minimum Gasteiger partial charge on any atom is -0.297 e. The lowest BCUT2D eigenvalue weighted by molar-refractivity contribution is 0.420. The summed E-state index contributed by atoms with van der Waals surface area (Å²) in [6, 6.07) is -0.373. The summed E-state index contributed by atoms with van der Waals surface area (Å²) in [5.74, 6) is 0.0184. The van der Waals surface area contributed by atoms with Crippen molar-refractivity contribution in [2.24, 2.45) is 0 Å². The predicted molar refractivity (Wildman–Crippen MR) is 77.3 cm³/mol. The van der Waals surface area contributed by atoms with E-state index in [0.29, 0.717) is 24.8 Å². The van der Waals surface area contributed by atoms with Crippen molar-refractivity contribution in [2.45, 2.75) is 38.6 Å². The average Bonchev–Trinajstić information content (AvgIpc) is 2.36. The first-order chi connectivity index (χ1) is 9.35. The molecule has 112 valence electrons. The summed E-state index contributed by atoms with van der Waals surface area (Å²) < 4.78 is 24.0.